The lowest BCUT2D eigenvalue weighted by Crippen LogP contribution is -2.16. The second-order valence-electron chi connectivity index (χ2n) is 7.90. The maximum Gasteiger partial charge on any atom is 0.255 e. The highest BCUT2D eigenvalue weighted by Crippen LogP contribution is 2.32. The third-order valence-corrected chi connectivity index (χ3v) is 6.61. The third-order valence-electron chi connectivity index (χ3n) is 5.35. The molecule has 0 aliphatic rings. The maximum atomic E-state index is 12.7. The molecule has 4 aromatic rings. The summed E-state index contributed by atoms with van der Waals surface area (Å²) in [6.45, 7) is 1.85. The van der Waals surface area contributed by atoms with Crippen LogP contribution in [-0.2, 0) is 11.8 Å². The van der Waals surface area contributed by atoms with Gasteiger partial charge in [-0.15, -0.1) is 10.2 Å². The van der Waals surface area contributed by atoms with Gasteiger partial charge in [0, 0.05) is 35.0 Å². The van der Waals surface area contributed by atoms with Crippen molar-refractivity contribution in [2.24, 2.45) is 7.05 Å². The number of ether oxygens (including phenoxy) is 1. The molecule has 184 valence electrons. The number of thioether (sulfide) groups is 1. The van der Waals surface area contributed by atoms with Crippen LogP contribution in [0.2, 0.25) is 5.02 Å². The predicted molar refractivity (Wildman–Crippen MR) is 143 cm³/mol. The number of nitrogens with one attached hydrogen (secondary N) is 2. The van der Waals surface area contributed by atoms with Crippen LogP contribution in [0.5, 0.6) is 5.75 Å². The average Bonchev–Trinajstić information content (AvgIpc) is 3.25. The molecule has 3 aromatic carbocycles. The van der Waals surface area contributed by atoms with Gasteiger partial charge in [-0.05, 0) is 42.8 Å². The fraction of sp³-hybridized carbons (Fsp3) is 0.154. The number of amides is 2. The molecule has 0 saturated carbocycles. The van der Waals surface area contributed by atoms with Gasteiger partial charge in [-0.25, -0.2) is 0 Å². The second kappa shape index (κ2) is 11.3. The molecule has 0 fully saturated rings. The minimum absolute atomic E-state index is 0.121. The van der Waals surface area contributed by atoms with Crippen molar-refractivity contribution in [2.75, 3.05) is 23.5 Å². The highest BCUT2D eigenvalue weighted by Gasteiger charge is 2.16. The van der Waals surface area contributed by atoms with E-state index in [0.717, 1.165) is 11.1 Å². The number of carbonyl (C=O) groups excluding carboxylic acids is 2. The lowest BCUT2D eigenvalue weighted by molar-refractivity contribution is -0.113. The van der Waals surface area contributed by atoms with Gasteiger partial charge in [0.1, 0.15) is 5.75 Å². The zero-order valence-corrected chi connectivity index (χ0v) is 21.5. The second-order valence-corrected chi connectivity index (χ2v) is 9.28. The zero-order chi connectivity index (χ0) is 25.7. The number of hydrogen-bond donors (Lipinski definition) is 2. The van der Waals surface area contributed by atoms with Crippen LogP contribution in [0.15, 0.2) is 71.9 Å². The summed E-state index contributed by atoms with van der Waals surface area (Å²) in [5, 5.41) is 15.4. The molecule has 0 saturated heterocycles. The number of nitrogens with zero attached hydrogens (tertiary/aromatic N) is 3. The van der Waals surface area contributed by atoms with E-state index in [1.165, 1.54) is 18.9 Å². The van der Waals surface area contributed by atoms with Gasteiger partial charge < -0.3 is 19.9 Å². The van der Waals surface area contributed by atoms with Crippen molar-refractivity contribution in [3.05, 3.63) is 82.9 Å². The Kier molecular flexibility index (Phi) is 7.92. The molecule has 4 rings (SSSR count). The summed E-state index contributed by atoms with van der Waals surface area (Å²) < 4.78 is 7.28. The Morgan fingerprint density at radius 3 is 2.50 bits per heavy atom. The summed E-state index contributed by atoms with van der Waals surface area (Å²) in [7, 11) is 3.35. The molecule has 0 unspecified atom stereocenters. The van der Waals surface area contributed by atoms with Crippen molar-refractivity contribution in [3.8, 4) is 17.1 Å². The molecule has 0 bridgehead atoms. The van der Waals surface area contributed by atoms with Crippen LogP contribution in [0.3, 0.4) is 0 Å². The Labute approximate surface area is 218 Å². The molecule has 36 heavy (non-hydrogen) atoms. The SMILES string of the molecule is COc1cc(NC(=O)c2ccccc2)c(C)cc1NC(=O)CSc1nnc(-c2cccc(Cl)c2)n1C. The Bertz CT molecular complexity index is 1410. The first-order valence-electron chi connectivity index (χ1n) is 11.0. The summed E-state index contributed by atoms with van der Waals surface area (Å²) in [5.41, 5.74) is 3.28. The first-order chi connectivity index (χ1) is 17.4. The van der Waals surface area contributed by atoms with E-state index in [0.29, 0.717) is 38.7 Å². The third kappa shape index (κ3) is 5.87. The van der Waals surface area contributed by atoms with E-state index >= 15 is 0 Å². The van der Waals surface area contributed by atoms with Crippen LogP contribution in [0.4, 0.5) is 11.4 Å². The highest BCUT2D eigenvalue weighted by atomic mass is 35.5. The molecule has 1 aromatic heterocycles. The van der Waals surface area contributed by atoms with Crippen molar-refractivity contribution in [1.82, 2.24) is 14.8 Å². The topological polar surface area (TPSA) is 98.1 Å². The standard InChI is InChI=1S/C26H24ClN5O3S/c1-16-12-21(22(35-3)14-20(16)29-25(34)17-8-5-4-6-9-17)28-23(33)15-36-26-31-30-24(32(26)2)18-10-7-11-19(27)13-18/h4-14H,15H2,1-3H3,(H,28,33)(H,29,34). The van der Waals surface area contributed by atoms with Crippen molar-refractivity contribution in [3.63, 3.8) is 0 Å². The molecule has 0 aliphatic heterocycles. The van der Waals surface area contributed by atoms with E-state index in [1.54, 1.807) is 42.5 Å². The zero-order valence-electron chi connectivity index (χ0n) is 19.9. The molecule has 2 N–H and O–H groups in total. The number of aromatic nitrogens is 3. The summed E-state index contributed by atoms with van der Waals surface area (Å²) >= 11 is 7.35. The van der Waals surface area contributed by atoms with Gasteiger partial charge in [-0.3, -0.25) is 9.59 Å². The fourth-order valence-electron chi connectivity index (χ4n) is 3.51. The van der Waals surface area contributed by atoms with E-state index in [9.17, 15) is 9.59 Å². The molecule has 0 aliphatic carbocycles. The first-order valence-corrected chi connectivity index (χ1v) is 12.3. The van der Waals surface area contributed by atoms with Crippen LogP contribution in [0, 0.1) is 6.92 Å². The van der Waals surface area contributed by atoms with Crippen molar-refractivity contribution in [1.29, 1.82) is 0 Å². The van der Waals surface area contributed by atoms with Crippen LogP contribution in [0.1, 0.15) is 15.9 Å². The van der Waals surface area contributed by atoms with Gasteiger partial charge in [-0.2, -0.15) is 0 Å². The summed E-state index contributed by atoms with van der Waals surface area (Å²) in [6, 6.07) is 19.7. The quantitative estimate of drug-likeness (QED) is 0.300. The number of carbonyl (C=O) groups is 2. The molecule has 0 radical (unpaired) electrons. The first kappa shape index (κ1) is 25.3. The molecular weight excluding hydrogens is 498 g/mol. The molecule has 0 atom stereocenters. The number of benzene rings is 3. The monoisotopic (exact) mass is 521 g/mol. The van der Waals surface area contributed by atoms with Crippen molar-refractivity contribution >= 4 is 46.6 Å². The van der Waals surface area contributed by atoms with E-state index in [2.05, 4.69) is 20.8 Å². The van der Waals surface area contributed by atoms with Crippen molar-refractivity contribution in [2.45, 2.75) is 12.1 Å². The number of methoxy groups -OCH3 is 1. The summed E-state index contributed by atoms with van der Waals surface area (Å²) in [4.78, 5) is 25.3. The minimum Gasteiger partial charge on any atom is -0.494 e. The summed E-state index contributed by atoms with van der Waals surface area (Å²) in [6.07, 6.45) is 0. The largest absolute Gasteiger partial charge is 0.494 e. The van der Waals surface area contributed by atoms with E-state index in [4.69, 9.17) is 16.3 Å². The lowest BCUT2D eigenvalue weighted by atomic mass is 10.1. The van der Waals surface area contributed by atoms with Crippen LogP contribution in [0.25, 0.3) is 11.4 Å². The number of rotatable bonds is 8. The van der Waals surface area contributed by atoms with Crippen LogP contribution >= 0.6 is 23.4 Å². The molecule has 2 amide bonds. The Balaban J connectivity index is 1.42. The van der Waals surface area contributed by atoms with Gasteiger partial charge in [0.25, 0.3) is 5.91 Å². The molecule has 8 nitrogen and oxygen atoms in total. The van der Waals surface area contributed by atoms with E-state index in [-0.39, 0.29) is 17.6 Å². The normalized spacial score (nSPS) is 10.7. The van der Waals surface area contributed by atoms with Gasteiger partial charge in [0.05, 0.1) is 18.6 Å². The Morgan fingerprint density at radius 1 is 1.00 bits per heavy atom. The molecule has 0 spiro atoms. The van der Waals surface area contributed by atoms with Crippen LogP contribution < -0.4 is 15.4 Å². The van der Waals surface area contributed by atoms with Gasteiger partial charge >= 0.3 is 0 Å². The molecule has 10 heteroatoms. The fourth-order valence-corrected chi connectivity index (χ4v) is 4.41. The molecular formula is C26H24ClN5O3S. The van der Waals surface area contributed by atoms with E-state index < -0.39 is 0 Å². The van der Waals surface area contributed by atoms with Crippen molar-refractivity contribution < 1.29 is 14.3 Å². The number of halogens is 1. The van der Waals surface area contributed by atoms with Gasteiger partial charge in [-0.1, -0.05) is 53.7 Å². The summed E-state index contributed by atoms with van der Waals surface area (Å²) in [5.74, 6) is 0.756. The lowest BCUT2D eigenvalue weighted by Gasteiger charge is -2.15. The van der Waals surface area contributed by atoms with Gasteiger partial charge in [0.15, 0.2) is 11.0 Å². The van der Waals surface area contributed by atoms with E-state index in [1.807, 2.05) is 42.8 Å². The molecule has 1 heterocycles. The van der Waals surface area contributed by atoms with Gasteiger partial charge in [0.2, 0.25) is 5.91 Å². The highest BCUT2D eigenvalue weighted by molar-refractivity contribution is 7.99. The average molecular weight is 522 g/mol. The smallest absolute Gasteiger partial charge is 0.255 e. The number of hydrogen-bond acceptors (Lipinski definition) is 6. The number of anilines is 2. The van der Waals surface area contributed by atoms with Crippen LogP contribution in [-0.4, -0.2) is 39.4 Å². The Morgan fingerprint density at radius 2 is 1.78 bits per heavy atom. The maximum absolute atomic E-state index is 12.7. The predicted octanol–water partition coefficient (Wildman–Crippen LogP) is 5.44. The minimum atomic E-state index is -0.230. The Hall–Kier alpha value is -3.82. The number of aryl methyl sites for hydroxylation is 1.